The zero-order valence-electron chi connectivity index (χ0n) is 19.3. The number of amides is 1. The molecule has 8 nitrogen and oxygen atoms in total. The Labute approximate surface area is 193 Å². The lowest BCUT2D eigenvalue weighted by atomic mass is 9.76. The first kappa shape index (κ1) is 21.7. The molecule has 2 aromatic heterocycles. The van der Waals surface area contributed by atoms with Gasteiger partial charge in [0.25, 0.3) is 5.91 Å². The third-order valence-electron chi connectivity index (χ3n) is 6.98. The molecule has 1 fully saturated rings. The minimum absolute atomic E-state index is 0.0310. The van der Waals surface area contributed by atoms with Crippen molar-refractivity contribution in [3.8, 4) is 0 Å². The summed E-state index contributed by atoms with van der Waals surface area (Å²) in [5.74, 6) is 0.184. The number of carbonyl (C=O) groups is 1. The smallest absolute Gasteiger partial charge is 0.276 e. The Morgan fingerprint density at radius 1 is 1.33 bits per heavy atom. The van der Waals surface area contributed by atoms with Crippen molar-refractivity contribution < 1.29 is 9.53 Å². The number of anilines is 2. The Kier molecular flexibility index (Phi) is 5.70. The molecule has 1 atom stereocenters. The minimum Gasteiger partial charge on any atom is -0.399 e. The summed E-state index contributed by atoms with van der Waals surface area (Å²) in [4.78, 5) is 13.0. The fraction of sp³-hybridized carbons (Fsp3) is 0.480. The molecule has 1 aliphatic heterocycles. The van der Waals surface area contributed by atoms with E-state index in [2.05, 4.69) is 40.5 Å². The van der Waals surface area contributed by atoms with Gasteiger partial charge in [0.2, 0.25) is 0 Å². The van der Waals surface area contributed by atoms with Crippen LogP contribution in [0.5, 0.6) is 0 Å². The fourth-order valence-corrected chi connectivity index (χ4v) is 5.20. The van der Waals surface area contributed by atoms with Crippen molar-refractivity contribution >= 4 is 17.3 Å². The van der Waals surface area contributed by atoms with Gasteiger partial charge in [-0.15, -0.1) is 0 Å². The molecule has 1 aromatic carbocycles. The highest BCUT2D eigenvalue weighted by Gasteiger charge is 2.31. The van der Waals surface area contributed by atoms with Gasteiger partial charge in [-0.2, -0.15) is 10.2 Å². The first-order chi connectivity index (χ1) is 15.9. The van der Waals surface area contributed by atoms with Crippen LogP contribution >= 0.6 is 0 Å². The first-order valence-corrected chi connectivity index (χ1v) is 11.7. The molecule has 8 heteroatoms. The van der Waals surface area contributed by atoms with E-state index in [1.165, 1.54) is 0 Å². The zero-order valence-corrected chi connectivity index (χ0v) is 19.3. The van der Waals surface area contributed by atoms with E-state index < -0.39 is 0 Å². The highest BCUT2D eigenvalue weighted by Crippen LogP contribution is 2.36. The molecule has 1 saturated heterocycles. The molecular weight excluding hydrogens is 416 g/mol. The summed E-state index contributed by atoms with van der Waals surface area (Å²) in [5.41, 5.74) is 11.4. The van der Waals surface area contributed by atoms with Crippen LogP contribution in [0.15, 0.2) is 36.7 Å². The Hall–Kier alpha value is -3.13. The van der Waals surface area contributed by atoms with Crippen molar-refractivity contribution in [2.75, 3.05) is 24.3 Å². The van der Waals surface area contributed by atoms with Crippen LogP contribution in [0.25, 0.3) is 0 Å². The van der Waals surface area contributed by atoms with Crippen molar-refractivity contribution in [2.24, 2.45) is 11.3 Å². The number of nitrogens with zero attached hydrogens (tertiary/aromatic N) is 3. The Morgan fingerprint density at radius 2 is 2.15 bits per heavy atom. The molecule has 0 saturated carbocycles. The van der Waals surface area contributed by atoms with Crippen molar-refractivity contribution in [1.29, 1.82) is 0 Å². The molecule has 0 spiro atoms. The van der Waals surface area contributed by atoms with Crippen LogP contribution in [0, 0.1) is 11.3 Å². The minimum atomic E-state index is -0.196. The number of aromatic nitrogens is 4. The van der Waals surface area contributed by atoms with Crippen LogP contribution < -0.4 is 11.1 Å². The van der Waals surface area contributed by atoms with Gasteiger partial charge < -0.3 is 15.8 Å². The maximum absolute atomic E-state index is 13.0. The number of nitrogen functional groups attached to an aromatic ring is 1. The normalized spacial score (nSPS) is 19.1. The van der Waals surface area contributed by atoms with Crippen molar-refractivity contribution in [3.05, 3.63) is 59.2 Å². The SMILES string of the molecule is CC1(C)CCc2c(C(=O)Nc3cnn(C(c4cccc(N)c4)C4CCOCC4)c3)n[nH]c2C1. The Morgan fingerprint density at radius 3 is 2.94 bits per heavy atom. The van der Waals surface area contributed by atoms with E-state index in [0.29, 0.717) is 17.3 Å². The zero-order chi connectivity index (χ0) is 23.0. The van der Waals surface area contributed by atoms with Gasteiger partial charge in [-0.1, -0.05) is 26.0 Å². The number of hydrogen-bond donors (Lipinski definition) is 3. The number of H-pyrrole nitrogens is 1. The lowest BCUT2D eigenvalue weighted by Crippen LogP contribution is -2.27. The van der Waals surface area contributed by atoms with Gasteiger partial charge >= 0.3 is 0 Å². The van der Waals surface area contributed by atoms with Gasteiger partial charge in [0, 0.05) is 36.4 Å². The maximum Gasteiger partial charge on any atom is 0.276 e. The number of ether oxygens (including phenoxy) is 1. The first-order valence-electron chi connectivity index (χ1n) is 11.7. The van der Waals surface area contributed by atoms with Crippen LogP contribution in [-0.2, 0) is 17.6 Å². The summed E-state index contributed by atoms with van der Waals surface area (Å²) in [7, 11) is 0. The third-order valence-corrected chi connectivity index (χ3v) is 6.98. The van der Waals surface area contributed by atoms with Crippen LogP contribution in [0.4, 0.5) is 11.4 Å². The Balaban J connectivity index is 1.37. The number of aromatic amines is 1. The predicted molar refractivity (Wildman–Crippen MR) is 127 cm³/mol. The lowest BCUT2D eigenvalue weighted by molar-refractivity contribution is 0.0527. The van der Waals surface area contributed by atoms with Crippen LogP contribution in [-0.4, -0.2) is 39.1 Å². The van der Waals surface area contributed by atoms with Gasteiger partial charge in [-0.25, -0.2) is 0 Å². The molecule has 174 valence electrons. The lowest BCUT2D eigenvalue weighted by Gasteiger charge is -2.31. The molecule has 1 unspecified atom stereocenters. The van der Waals surface area contributed by atoms with E-state index >= 15 is 0 Å². The number of fused-ring (bicyclic) bond motifs is 1. The number of benzene rings is 1. The summed E-state index contributed by atoms with van der Waals surface area (Å²) in [6.07, 6.45) is 8.34. The van der Waals surface area contributed by atoms with Gasteiger partial charge in [0.05, 0.1) is 17.9 Å². The number of nitrogens with two attached hydrogens (primary N) is 1. The number of carbonyl (C=O) groups excluding carboxylic acids is 1. The maximum atomic E-state index is 13.0. The summed E-state index contributed by atoms with van der Waals surface area (Å²) < 4.78 is 7.53. The largest absolute Gasteiger partial charge is 0.399 e. The van der Waals surface area contributed by atoms with E-state index in [4.69, 9.17) is 10.5 Å². The standard InChI is InChI=1S/C25H32N6O2/c1-25(2)9-6-20-21(13-25)29-30-22(20)24(32)28-19-14-27-31(15-19)23(16-7-10-33-11-8-16)17-4-3-5-18(26)12-17/h3-5,12,14-16,23H,6-11,13,26H2,1-2H3,(H,28,32)(H,29,30). The van der Waals surface area contributed by atoms with E-state index in [9.17, 15) is 4.79 Å². The average Bonchev–Trinajstić information content (AvgIpc) is 3.41. The number of nitrogens with one attached hydrogen (secondary N) is 2. The predicted octanol–water partition coefficient (Wildman–Crippen LogP) is 3.97. The molecular formula is C25H32N6O2. The van der Waals surface area contributed by atoms with E-state index in [1.807, 2.05) is 29.1 Å². The highest BCUT2D eigenvalue weighted by atomic mass is 16.5. The van der Waals surface area contributed by atoms with Crippen LogP contribution in [0.1, 0.15) is 66.5 Å². The molecule has 0 radical (unpaired) electrons. The summed E-state index contributed by atoms with van der Waals surface area (Å²) in [6.45, 7) is 5.99. The molecule has 3 heterocycles. The molecule has 3 aromatic rings. The molecule has 1 amide bonds. The second-order valence-electron chi connectivity index (χ2n) is 10.1. The van der Waals surface area contributed by atoms with Gasteiger partial charge in [-0.05, 0) is 61.1 Å². The third kappa shape index (κ3) is 4.53. The van der Waals surface area contributed by atoms with Crippen molar-refractivity contribution in [2.45, 2.75) is 52.0 Å². The molecule has 2 aliphatic rings. The monoisotopic (exact) mass is 448 g/mol. The highest BCUT2D eigenvalue weighted by molar-refractivity contribution is 6.03. The number of rotatable bonds is 5. The van der Waals surface area contributed by atoms with Crippen molar-refractivity contribution in [1.82, 2.24) is 20.0 Å². The van der Waals surface area contributed by atoms with Crippen molar-refractivity contribution in [3.63, 3.8) is 0 Å². The van der Waals surface area contributed by atoms with E-state index in [-0.39, 0.29) is 17.4 Å². The Bertz CT molecular complexity index is 1140. The topological polar surface area (TPSA) is 111 Å². The second-order valence-corrected chi connectivity index (χ2v) is 10.1. The fourth-order valence-electron chi connectivity index (χ4n) is 5.20. The molecule has 4 N–H and O–H groups in total. The molecule has 1 aliphatic carbocycles. The van der Waals surface area contributed by atoms with Crippen LogP contribution in [0.3, 0.4) is 0 Å². The number of hydrogen-bond acceptors (Lipinski definition) is 5. The molecule has 33 heavy (non-hydrogen) atoms. The quantitative estimate of drug-likeness (QED) is 0.512. The van der Waals surface area contributed by atoms with E-state index in [1.54, 1.807) is 6.20 Å². The van der Waals surface area contributed by atoms with Gasteiger partial charge in [0.1, 0.15) is 0 Å². The summed E-state index contributed by atoms with van der Waals surface area (Å²) >= 11 is 0. The molecule has 5 rings (SSSR count). The molecule has 0 bridgehead atoms. The van der Waals surface area contributed by atoms with E-state index in [0.717, 1.165) is 67.8 Å². The second kappa shape index (κ2) is 8.67. The van der Waals surface area contributed by atoms with Crippen LogP contribution in [0.2, 0.25) is 0 Å². The van der Waals surface area contributed by atoms with Gasteiger partial charge in [0.15, 0.2) is 5.69 Å². The van der Waals surface area contributed by atoms with Gasteiger partial charge in [-0.3, -0.25) is 14.6 Å². The summed E-state index contributed by atoms with van der Waals surface area (Å²) in [6, 6.07) is 8.00. The average molecular weight is 449 g/mol. The summed E-state index contributed by atoms with van der Waals surface area (Å²) in [5, 5.41) is 15.1.